The van der Waals surface area contributed by atoms with Crippen LogP contribution in [-0.2, 0) is 20.9 Å². The summed E-state index contributed by atoms with van der Waals surface area (Å²) in [5, 5.41) is 0. The van der Waals surface area contributed by atoms with Crippen molar-refractivity contribution < 1.29 is 9.59 Å². The Morgan fingerprint density at radius 2 is 1.57 bits per heavy atom. The maximum absolute atomic E-state index is 14.3. The number of aryl methyl sites for hydroxylation is 2. The van der Waals surface area contributed by atoms with Gasteiger partial charge in [-0.2, -0.15) is 0 Å². The van der Waals surface area contributed by atoms with Gasteiger partial charge in [0.1, 0.15) is 0 Å². The molecule has 1 atom stereocenters. The number of nitrogens with zero attached hydrogens (tertiary/aromatic N) is 3. The van der Waals surface area contributed by atoms with Crippen molar-refractivity contribution in [1.29, 1.82) is 0 Å². The quantitative estimate of drug-likeness (QED) is 0.454. The van der Waals surface area contributed by atoms with Crippen LogP contribution >= 0.6 is 11.8 Å². The van der Waals surface area contributed by atoms with Gasteiger partial charge in [-0.15, -0.1) is 11.8 Å². The van der Waals surface area contributed by atoms with E-state index in [1.165, 1.54) is 17.3 Å². The van der Waals surface area contributed by atoms with Crippen molar-refractivity contribution in [2.24, 2.45) is 5.92 Å². The number of thioether (sulfide) groups is 1. The fourth-order valence-electron chi connectivity index (χ4n) is 6.25. The van der Waals surface area contributed by atoms with E-state index in [0.29, 0.717) is 18.3 Å². The molecule has 3 heterocycles. The molecule has 37 heavy (non-hydrogen) atoms. The minimum atomic E-state index is -1.04. The average molecular weight is 512 g/mol. The van der Waals surface area contributed by atoms with Crippen molar-refractivity contribution in [2.45, 2.75) is 38.0 Å². The molecule has 1 unspecified atom stereocenters. The molecule has 0 radical (unpaired) electrons. The fraction of sp³-hybridized carbons (Fsp3) is 0.355. The molecule has 3 aliphatic heterocycles. The van der Waals surface area contributed by atoms with E-state index in [-0.39, 0.29) is 11.8 Å². The number of hydrogen-bond acceptors (Lipinski definition) is 4. The van der Waals surface area contributed by atoms with Crippen LogP contribution in [-0.4, -0.2) is 42.2 Å². The van der Waals surface area contributed by atoms with Crippen LogP contribution in [0.3, 0.4) is 0 Å². The van der Waals surface area contributed by atoms with E-state index in [2.05, 4.69) is 41.3 Å². The fourth-order valence-corrected chi connectivity index (χ4v) is 7.61. The summed E-state index contributed by atoms with van der Waals surface area (Å²) < 4.78 is 0. The van der Waals surface area contributed by atoms with Crippen molar-refractivity contribution in [3.05, 3.63) is 95.1 Å². The smallest absolute Gasteiger partial charge is 0.269 e. The van der Waals surface area contributed by atoms with E-state index in [1.807, 2.05) is 55.1 Å². The van der Waals surface area contributed by atoms with Gasteiger partial charge in [-0.25, -0.2) is 0 Å². The SMILES string of the molecule is Cc1cc(C)cc(N2C(=O)CSC23C(=O)N(CN2CCC(Cc4ccccc4)CC2)c2ccccc23)c1. The highest BCUT2D eigenvalue weighted by Gasteiger charge is 2.61. The van der Waals surface area contributed by atoms with E-state index in [1.54, 1.807) is 4.90 Å². The Bertz CT molecular complexity index is 1320. The molecule has 2 fully saturated rings. The molecule has 1 spiro atoms. The summed E-state index contributed by atoms with van der Waals surface area (Å²) in [6, 6.07) is 24.9. The highest BCUT2D eigenvalue weighted by Crippen LogP contribution is 2.55. The number of carbonyl (C=O) groups excluding carboxylic acids is 2. The maximum atomic E-state index is 14.3. The molecule has 3 aromatic rings. The van der Waals surface area contributed by atoms with Gasteiger partial charge in [-0.3, -0.25) is 24.3 Å². The van der Waals surface area contributed by atoms with E-state index < -0.39 is 4.87 Å². The minimum absolute atomic E-state index is 0.00452. The van der Waals surface area contributed by atoms with Crippen molar-refractivity contribution in [3.8, 4) is 0 Å². The van der Waals surface area contributed by atoms with Gasteiger partial charge >= 0.3 is 0 Å². The average Bonchev–Trinajstić information content (AvgIpc) is 3.36. The lowest BCUT2D eigenvalue weighted by molar-refractivity contribution is -0.124. The zero-order valence-electron chi connectivity index (χ0n) is 21.5. The monoisotopic (exact) mass is 511 g/mol. The molecule has 0 aromatic heterocycles. The Labute approximate surface area is 223 Å². The second-order valence-electron chi connectivity index (χ2n) is 10.7. The number of para-hydroxylation sites is 1. The summed E-state index contributed by atoms with van der Waals surface area (Å²) in [5.41, 5.74) is 6.23. The van der Waals surface area contributed by atoms with Crippen LogP contribution in [0.25, 0.3) is 0 Å². The van der Waals surface area contributed by atoms with E-state index >= 15 is 0 Å². The predicted molar refractivity (Wildman–Crippen MR) is 151 cm³/mol. The van der Waals surface area contributed by atoms with Crippen molar-refractivity contribution in [3.63, 3.8) is 0 Å². The van der Waals surface area contributed by atoms with Crippen LogP contribution in [0.4, 0.5) is 11.4 Å². The van der Waals surface area contributed by atoms with E-state index in [0.717, 1.165) is 60.4 Å². The molecule has 2 amide bonds. The summed E-state index contributed by atoms with van der Waals surface area (Å²) in [7, 11) is 0. The first-order valence-electron chi connectivity index (χ1n) is 13.2. The predicted octanol–water partition coefficient (Wildman–Crippen LogP) is 5.50. The summed E-state index contributed by atoms with van der Waals surface area (Å²) in [6.07, 6.45) is 3.38. The zero-order valence-corrected chi connectivity index (χ0v) is 22.3. The number of likely N-dealkylation sites (tertiary alicyclic amines) is 1. The third-order valence-corrected chi connectivity index (χ3v) is 9.33. The number of piperidine rings is 1. The number of carbonyl (C=O) groups is 2. The van der Waals surface area contributed by atoms with Gasteiger partial charge in [0, 0.05) is 24.3 Å². The van der Waals surface area contributed by atoms with Gasteiger partial charge in [0.25, 0.3) is 5.91 Å². The largest absolute Gasteiger partial charge is 0.295 e. The molecule has 0 N–H and O–H groups in total. The van der Waals surface area contributed by atoms with Crippen molar-refractivity contribution in [1.82, 2.24) is 4.90 Å². The molecule has 0 aliphatic carbocycles. The third kappa shape index (κ3) is 4.26. The Morgan fingerprint density at radius 3 is 2.30 bits per heavy atom. The molecule has 3 aliphatic rings. The molecule has 6 heteroatoms. The maximum Gasteiger partial charge on any atom is 0.269 e. The highest BCUT2D eigenvalue weighted by atomic mass is 32.2. The van der Waals surface area contributed by atoms with Gasteiger partial charge in [0.05, 0.1) is 18.1 Å². The summed E-state index contributed by atoms with van der Waals surface area (Å²) in [6.45, 7) is 6.59. The van der Waals surface area contributed by atoms with Gasteiger partial charge in [-0.1, -0.05) is 54.6 Å². The zero-order chi connectivity index (χ0) is 25.6. The number of fused-ring (bicyclic) bond motifs is 2. The first kappa shape index (κ1) is 24.3. The summed E-state index contributed by atoms with van der Waals surface area (Å²) in [4.78, 5) is 32.7. The van der Waals surface area contributed by atoms with Gasteiger partial charge in [-0.05, 0) is 73.9 Å². The number of hydrogen-bond donors (Lipinski definition) is 0. The third-order valence-electron chi connectivity index (χ3n) is 7.94. The highest BCUT2D eigenvalue weighted by molar-refractivity contribution is 8.02. The normalized spacial score (nSPS) is 22.3. The molecular weight excluding hydrogens is 478 g/mol. The van der Waals surface area contributed by atoms with Gasteiger partial charge < -0.3 is 0 Å². The summed E-state index contributed by atoms with van der Waals surface area (Å²) >= 11 is 1.46. The second kappa shape index (κ2) is 9.66. The lowest BCUT2D eigenvalue weighted by Crippen LogP contribution is -2.52. The number of rotatable bonds is 5. The van der Waals surface area contributed by atoms with Gasteiger partial charge in [0.2, 0.25) is 10.8 Å². The standard InChI is InChI=1S/C31H33N3O2S/c1-22-16-23(2)18-26(17-22)34-29(35)20-37-31(34)27-10-6-7-11-28(27)33(30(31)36)21-32-14-12-25(13-15-32)19-24-8-4-3-5-9-24/h3-11,16-18,25H,12-15,19-21H2,1-2H3. The Morgan fingerprint density at radius 1 is 0.892 bits per heavy atom. The molecule has 5 nitrogen and oxygen atoms in total. The van der Waals surface area contributed by atoms with Crippen LogP contribution in [0.15, 0.2) is 72.8 Å². The Hall–Kier alpha value is -3.09. The van der Waals surface area contributed by atoms with Crippen molar-refractivity contribution >= 4 is 35.0 Å². The van der Waals surface area contributed by atoms with Crippen LogP contribution in [0.5, 0.6) is 0 Å². The summed E-state index contributed by atoms with van der Waals surface area (Å²) in [5.74, 6) is 0.956. The molecule has 0 bridgehead atoms. The molecule has 6 rings (SSSR count). The van der Waals surface area contributed by atoms with Crippen LogP contribution in [0, 0.1) is 19.8 Å². The molecule has 0 saturated carbocycles. The molecular formula is C31H33N3O2S. The van der Waals surface area contributed by atoms with E-state index in [9.17, 15) is 9.59 Å². The lowest BCUT2D eigenvalue weighted by Gasteiger charge is -2.36. The lowest BCUT2D eigenvalue weighted by atomic mass is 9.90. The topological polar surface area (TPSA) is 43.9 Å². The van der Waals surface area contributed by atoms with Crippen LogP contribution < -0.4 is 9.80 Å². The molecule has 3 aromatic carbocycles. The van der Waals surface area contributed by atoms with Crippen molar-refractivity contribution in [2.75, 3.05) is 35.3 Å². The number of amides is 2. The minimum Gasteiger partial charge on any atom is -0.295 e. The van der Waals surface area contributed by atoms with Crippen LogP contribution in [0.2, 0.25) is 0 Å². The first-order valence-corrected chi connectivity index (χ1v) is 14.2. The number of anilines is 2. The first-order chi connectivity index (χ1) is 18.0. The molecule has 2 saturated heterocycles. The Balaban J connectivity index is 1.25. The molecule has 190 valence electrons. The Kier molecular flexibility index (Phi) is 6.33. The van der Waals surface area contributed by atoms with Crippen LogP contribution in [0.1, 0.15) is 35.1 Å². The van der Waals surface area contributed by atoms with E-state index in [4.69, 9.17) is 0 Å². The van der Waals surface area contributed by atoms with Gasteiger partial charge in [0.15, 0.2) is 0 Å². The number of benzene rings is 3. The second-order valence-corrected chi connectivity index (χ2v) is 11.8.